The lowest BCUT2D eigenvalue weighted by molar-refractivity contribution is 0.471. The summed E-state index contributed by atoms with van der Waals surface area (Å²) in [7, 11) is 0. The third-order valence-electron chi connectivity index (χ3n) is 6.29. The van der Waals surface area contributed by atoms with E-state index in [9.17, 15) is 5.11 Å². The minimum absolute atomic E-state index is 0.416. The first kappa shape index (κ1) is 23.2. The zero-order valence-corrected chi connectivity index (χ0v) is 19.4. The van der Waals surface area contributed by atoms with Gasteiger partial charge in [-0.05, 0) is 68.7 Å². The Kier molecular flexibility index (Phi) is 9.27. The molecular weight excluding hydrogens is 378 g/mol. The Bertz CT molecular complexity index is 1010. The molecule has 0 aliphatic heterocycles. The summed E-state index contributed by atoms with van der Waals surface area (Å²) < 4.78 is 0. The van der Waals surface area contributed by atoms with Crippen molar-refractivity contribution in [3.63, 3.8) is 0 Å². The maximum atomic E-state index is 10.5. The van der Waals surface area contributed by atoms with Crippen LogP contribution in [0.5, 0.6) is 5.75 Å². The normalized spacial score (nSPS) is 12.2. The number of phenols is 1. The Hall–Kier alpha value is -2.48. The molecule has 0 aliphatic carbocycles. The van der Waals surface area contributed by atoms with E-state index in [1.807, 2.05) is 13.0 Å². The standard InChI is InChI=1S/C29H39NO/c1-3-4-5-6-7-8-9-10-11-12-13-14-15-16-19-24-23(2)28(31)22-26-25-20-17-18-21-27(25)30-29(24)26/h6-7,9-10,17-18,20-22,30-31H,3-5,8,11-16,19H2,1-2H3/b7-6-,10-9-. The van der Waals surface area contributed by atoms with Crippen LogP contribution in [0.1, 0.15) is 82.3 Å². The van der Waals surface area contributed by atoms with E-state index in [4.69, 9.17) is 0 Å². The third kappa shape index (κ3) is 6.50. The van der Waals surface area contributed by atoms with Gasteiger partial charge in [0.05, 0.1) is 5.52 Å². The number of hydrogen-bond donors (Lipinski definition) is 2. The van der Waals surface area contributed by atoms with Crippen LogP contribution in [0, 0.1) is 6.92 Å². The predicted octanol–water partition coefficient (Wildman–Crippen LogP) is 8.91. The second-order valence-corrected chi connectivity index (χ2v) is 8.72. The van der Waals surface area contributed by atoms with E-state index < -0.39 is 0 Å². The number of aromatic amines is 1. The molecule has 0 saturated heterocycles. The molecule has 0 aliphatic rings. The van der Waals surface area contributed by atoms with Crippen molar-refractivity contribution < 1.29 is 5.11 Å². The summed E-state index contributed by atoms with van der Waals surface area (Å²) in [5.74, 6) is 0.416. The van der Waals surface area contributed by atoms with Crippen molar-refractivity contribution in [2.45, 2.75) is 84.5 Å². The molecule has 2 aromatic carbocycles. The zero-order chi connectivity index (χ0) is 21.9. The van der Waals surface area contributed by atoms with Gasteiger partial charge < -0.3 is 10.1 Å². The fraction of sp³-hybridized carbons (Fsp3) is 0.448. The summed E-state index contributed by atoms with van der Waals surface area (Å²) in [5, 5.41) is 12.8. The lowest BCUT2D eigenvalue weighted by Crippen LogP contribution is -1.93. The summed E-state index contributed by atoms with van der Waals surface area (Å²) in [6, 6.07) is 10.3. The number of aryl methyl sites for hydroxylation is 1. The number of benzene rings is 2. The number of rotatable bonds is 13. The minimum Gasteiger partial charge on any atom is -0.508 e. The second-order valence-electron chi connectivity index (χ2n) is 8.72. The number of allylic oxidation sites excluding steroid dienone is 4. The van der Waals surface area contributed by atoms with Gasteiger partial charge in [0, 0.05) is 16.3 Å². The maximum Gasteiger partial charge on any atom is 0.119 e. The van der Waals surface area contributed by atoms with Crippen LogP contribution < -0.4 is 0 Å². The van der Waals surface area contributed by atoms with Gasteiger partial charge in [-0.3, -0.25) is 0 Å². The monoisotopic (exact) mass is 417 g/mol. The molecule has 0 unspecified atom stereocenters. The molecule has 1 heterocycles. The molecule has 0 fully saturated rings. The summed E-state index contributed by atoms with van der Waals surface area (Å²) in [6.45, 7) is 4.28. The molecule has 31 heavy (non-hydrogen) atoms. The fourth-order valence-corrected chi connectivity index (χ4v) is 4.37. The fourth-order valence-electron chi connectivity index (χ4n) is 4.37. The third-order valence-corrected chi connectivity index (χ3v) is 6.29. The van der Waals surface area contributed by atoms with Crippen molar-refractivity contribution >= 4 is 21.8 Å². The molecule has 2 nitrogen and oxygen atoms in total. The van der Waals surface area contributed by atoms with Gasteiger partial charge in [-0.25, -0.2) is 0 Å². The lowest BCUT2D eigenvalue weighted by Gasteiger charge is -2.10. The number of aromatic hydroxyl groups is 1. The largest absolute Gasteiger partial charge is 0.508 e. The summed E-state index contributed by atoms with van der Waals surface area (Å²) in [5.41, 5.74) is 4.65. The average molecular weight is 418 g/mol. The predicted molar refractivity (Wildman–Crippen MR) is 136 cm³/mol. The first-order valence-corrected chi connectivity index (χ1v) is 12.2. The van der Waals surface area contributed by atoms with Crippen LogP contribution in [-0.2, 0) is 6.42 Å². The highest BCUT2D eigenvalue weighted by Gasteiger charge is 2.13. The Morgan fingerprint density at radius 1 is 0.839 bits per heavy atom. The van der Waals surface area contributed by atoms with Crippen LogP contribution in [0.3, 0.4) is 0 Å². The van der Waals surface area contributed by atoms with E-state index in [2.05, 4.69) is 60.5 Å². The van der Waals surface area contributed by atoms with Crippen molar-refractivity contribution in [3.8, 4) is 5.75 Å². The molecule has 0 bridgehead atoms. The molecule has 1 aromatic heterocycles. The molecular formula is C29H39NO. The van der Waals surface area contributed by atoms with Gasteiger partial charge in [0.15, 0.2) is 0 Å². The molecule has 0 saturated carbocycles. The van der Waals surface area contributed by atoms with Crippen molar-refractivity contribution in [3.05, 3.63) is 65.8 Å². The van der Waals surface area contributed by atoms with Crippen LogP contribution in [0.15, 0.2) is 54.6 Å². The Balaban J connectivity index is 1.40. The van der Waals surface area contributed by atoms with E-state index in [0.29, 0.717) is 5.75 Å². The number of nitrogens with one attached hydrogen (secondary N) is 1. The van der Waals surface area contributed by atoms with Gasteiger partial charge in [-0.2, -0.15) is 0 Å². The van der Waals surface area contributed by atoms with Crippen molar-refractivity contribution in [2.75, 3.05) is 0 Å². The van der Waals surface area contributed by atoms with Crippen LogP contribution in [-0.4, -0.2) is 10.1 Å². The number of aromatic nitrogens is 1. The average Bonchev–Trinajstić information content (AvgIpc) is 3.14. The highest BCUT2D eigenvalue weighted by atomic mass is 16.3. The smallest absolute Gasteiger partial charge is 0.119 e. The van der Waals surface area contributed by atoms with E-state index in [0.717, 1.165) is 29.3 Å². The molecule has 0 atom stereocenters. The van der Waals surface area contributed by atoms with E-state index in [1.165, 1.54) is 74.3 Å². The highest BCUT2D eigenvalue weighted by molar-refractivity contribution is 6.09. The number of unbranched alkanes of at least 4 members (excludes halogenated alkanes) is 7. The van der Waals surface area contributed by atoms with Gasteiger partial charge in [-0.15, -0.1) is 0 Å². The second kappa shape index (κ2) is 12.4. The van der Waals surface area contributed by atoms with Crippen molar-refractivity contribution in [1.29, 1.82) is 0 Å². The first-order valence-electron chi connectivity index (χ1n) is 12.2. The lowest BCUT2D eigenvalue weighted by atomic mass is 9.97. The topological polar surface area (TPSA) is 36.0 Å². The van der Waals surface area contributed by atoms with Crippen LogP contribution in [0.25, 0.3) is 21.8 Å². The van der Waals surface area contributed by atoms with Crippen LogP contribution >= 0.6 is 0 Å². The molecule has 0 spiro atoms. The number of fused-ring (bicyclic) bond motifs is 3. The van der Waals surface area contributed by atoms with E-state index in [1.54, 1.807) is 0 Å². The molecule has 2 heteroatoms. The van der Waals surface area contributed by atoms with Crippen LogP contribution in [0.4, 0.5) is 0 Å². The Morgan fingerprint density at radius 3 is 2.35 bits per heavy atom. The number of para-hydroxylation sites is 1. The molecule has 2 N–H and O–H groups in total. The zero-order valence-electron chi connectivity index (χ0n) is 19.4. The first-order chi connectivity index (χ1) is 15.2. The van der Waals surface area contributed by atoms with Crippen molar-refractivity contribution in [1.82, 2.24) is 4.98 Å². The Morgan fingerprint density at radius 2 is 1.55 bits per heavy atom. The van der Waals surface area contributed by atoms with Gasteiger partial charge in [0.2, 0.25) is 0 Å². The summed E-state index contributed by atoms with van der Waals surface area (Å²) in [4.78, 5) is 3.59. The minimum atomic E-state index is 0.416. The van der Waals surface area contributed by atoms with Gasteiger partial charge in [-0.1, -0.05) is 81.5 Å². The van der Waals surface area contributed by atoms with E-state index in [-0.39, 0.29) is 0 Å². The summed E-state index contributed by atoms with van der Waals surface area (Å²) in [6.07, 6.45) is 22.7. The Labute approximate surface area is 188 Å². The molecule has 0 radical (unpaired) electrons. The number of H-pyrrole nitrogens is 1. The van der Waals surface area contributed by atoms with Gasteiger partial charge in [0.25, 0.3) is 0 Å². The van der Waals surface area contributed by atoms with Crippen LogP contribution in [0.2, 0.25) is 0 Å². The van der Waals surface area contributed by atoms with Gasteiger partial charge >= 0.3 is 0 Å². The molecule has 3 aromatic rings. The molecule has 0 amide bonds. The molecule has 166 valence electrons. The van der Waals surface area contributed by atoms with Gasteiger partial charge in [0.1, 0.15) is 5.75 Å². The molecule has 3 rings (SSSR count). The summed E-state index contributed by atoms with van der Waals surface area (Å²) >= 11 is 0. The number of phenolic OH excluding ortho intramolecular Hbond substituents is 1. The highest BCUT2D eigenvalue weighted by Crippen LogP contribution is 2.35. The van der Waals surface area contributed by atoms with E-state index >= 15 is 0 Å². The quantitative estimate of drug-likeness (QED) is 0.211. The number of hydrogen-bond acceptors (Lipinski definition) is 1. The SMILES string of the molecule is CCCC/C=C\C/C=C\CCCCCCCc1c(C)c(O)cc2c1[nH]c1ccccc12. The maximum absolute atomic E-state index is 10.5. The van der Waals surface area contributed by atoms with Crippen molar-refractivity contribution in [2.24, 2.45) is 0 Å².